The van der Waals surface area contributed by atoms with Gasteiger partial charge in [0.1, 0.15) is 5.60 Å². The van der Waals surface area contributed by atoms with Crippen LogP contribution in [-0.4, -0.2) is 25.4 Å². The standard InChI is InChI=1S/C16H24ClNO2Si/c1-16(2,3)20-15(19)18-13(21(4,5)6)10-11-8-7-9-12(17)14(11)18/h7-9,13H,10H2,1-6H3. The zero-order valence-corrected chi connectivity index (χ0v) is 15.4. The monoisotopic (exact) mass is 325 g/mol. The highest BCUT2D eigenvalue weighted by atomic mass is 35.5. The molecule has 0 N–H and O–H groups in total. The van der Waals surface area contributed by atoms with Crippen molar-refractivity contribution in [2.75, 3.05) is 4.90 Å². The summed E-state index contributed by atoms with van der Waals surface area (Å²) < 4.78 is 5.61. The summed E-state index contributed by atoms with van der Waals surface area (Å²) in [6.07, 6.45) is 0.576. The smallest absolute Gasteiger partial charge is 0.414 e. The molecule has 3 nitrogen and oxygen atoms in total. The molecule has 0 saturated carbocycles. The summed E-state index contributed by atoms with van der Waals surface area (Å²) in [7, 11) is -1.58. The minimum absolute atomic E-state index is 0.183. The first-order valence-corrected chi connectivity index (χ1v) is 11.3. The van der Waals surface area contributed by atoms with Gasteiger partial charge in [-0.3, -0.25) is 4.90 Å². The molecule has 1 aliphatic heterocycles. The molecular weight excluding hydrogens is 302 g/mol. The van der Waals surface area contributed by atoms with Crippen LogP contribution in [0.25, 0.3) is 0 Å². The van der Waals surface area contributed by atoms with Crippen molar-refractivity contribution in [2.24, 2.45) is 0 Å². The maximum Gasteiger partial charge on any atom is 0.414 e. The number of nitrogens with zero attached hydrogens (tertiary/aromatic N) is 1. The average molecular weight is 326 g/mol. The van der Waals surface area contributed by atoms with E-state index in [-0.39, 0.29) is 11.8 Å². The van der Waals surface area contributed by atoms with Crippen molar-refractivity contribution in [2.45, 2.75) is 58.1 Å². The highest BCUT2D eigenvalue weighted by Crippen LogP contribution is 2.41. The third kappa shape index (κ3) is 3.43. The van der Waals surface area contributed by atoms with Gasteiger partial charge >= 0.3 is 6.09 Å². The van der Waals surface area contributed by atoms with E-state index in [4.69, 9.17) is 16.3 Å². The van der Waals surface area contributed by atoms with Gasteiger partial charge in [-0.25, -0.2) is 4.79 Å². The van der Waals surface area contributed by atoms with Crippen LogP contribution < -0.4 is 4.90 Å². The molecule has 1 heterocycles. The van der Waals surface area contributed by atoms with Crippen molar-refractivity contribution in [3.8, 4) is 0 Å². The van der Waals surface area contributed by atoms with Crippen LogP contribution in [-0.2, 0) is 11.2 Å². The summed E-state index contributed by atoms with van der Waals surface area (Å²) >= 11 is 6.36. The van der Waals surface area contributed by atoms with Crippen molar-refractivity contribution < 1.29 is 9.53 Å². The molecule has 0 bridgehead atoms. The van der Waals surface area contributed by atoms with Crippen LogP contribution in [0.5, 0.6) is 0 Å². The predicted molar refractivity (Wildman–Crippen MR) is 91.0 cm³/mol. The number of fused-ring (bicyclic) bond motifs is 1. The molecule has 0 aliphatic carbocycles. The Kier molecular flexibility index (Phi) is 4.15. The van der Waals surface area contributed by atoms with Crippen LogP contribution in [0.1, 0.15) is 26.3 Å². The van der Waals surface area contributed by atoms with Crippen LogP contribution in [0.3, 0.4) is 0 Å². The molecule has 1 aromatic carbocycles. The molecule has 1 amide bonds. The molecule has 1 aromatic rings. The summed E-state index contributed by atoms with van der Waals surface area (Å²) in [6, 6.07) is 5.84. The lowest BCUT2D eigenvalue weighted by atomic mass is 10.2. The molecule has 116 valence electrons. The third-order valence-corrected chi connectivity index (χ3v) is 6.39. The topological polar surface area (TPSA) is 29.5 Å². The summed E-state index contributed by atoms with van der Waals surface area (Å²) in [5.41, 5.74) is 1.65. The molecule has 5 heteroatoms. The summed E-state index contributed by atoms with van der Waals surface area (Å²) in [5.74, 6) is 0. The third-order valence-electron chi connectivity index (χ3n) is 3.63. The van der Waals surface area contributed by atoms with Crippen LogP contribution in [0.15, 0.2) is 18.2 Å². The minimum atomic E-state index is -1.58. The van der Waals surface area contributed by atoms with Crippen LogP contribution in [0, 0.1) is 0 Å². The molecule has 0 aromatic heterocycles. The van der Waals surface area contributed by atoms with Gasteiger partial charge in [0, 0.05) is 5.67 Å². The Morgan fingerprint density at radius 2 is 1.95 bits per heavy atom. The lowest BCUT2D eigenvalue weighted by molar-refractivity contribution is 0.0578. The van der Waals surface area contributed by atoms with Crippen LogP contribution in [0.4, 0.5) is 10.5 Å². The van der Waals surface area contributed by atoms with Crippen molar-refractivity contribution in [3.05, 3.63) is 28.8 Å². The highest BCUT2D eigenvalue weighted by Gasteiger charge is 2.44. The Balaban J connectivity index is 2.45. The number of ether oxygens (including phenoxy) is 1. The van der Waals surface area contributed by atoms with Gasteiger partial charge in [0.15, 0.2) is 0 Å². The molecule has 0 saturated heterocycles. The van der Waals surface area contributed by atoms with Gasteiger partial charge in [-0.15, -0.1) is 0 Å². The molecule has 1 atom stereocenters. The normalized spacial score (nSPS) is 18.6. The number of hydrogen-bond acceptors (Lipinski definition) is 2. The van der Waals surface area contributed by atoms with Crippen molar-refractivity contribution in [1.82, 2.24) is 0 Å². The van der Waals surface area contributed by atoms with E-state index in [1.807, 2.05) is 32.9 Å². The quantitative estimate of drug-likeness (QED) is 0.688. The Bertz CT molecular complexity index is 560. The van der Waals surface area contributed by atoms with Crippen LogP contribution >= 0.6 is 11.6 Å². The fourth-order valence-electron chi connectivity index (χ4n) is 2.67. The van der Waals surface area contributed by atoms with E-state index in [0.29, 0.717) is 5.02 Å². The van der Waals surface area contributed by atoms with Crippen molar-refractivity contribution in [3.63, 3.8) is 0 Å². The van der Waals surface area contributed by atoms with E-state index < -0.39 is 13.7 Å². The maximum absolute atomic E-state index is 12.7. The van der Waals surface area contributed by atoms with Gasteiger partial charge in [0.05, 0.1) is 18.8 Å². The Morgan fingerprint density at radius 3 is 2.48 bits per heavy atom. The maximum atomic E-state index is 12.7. The van der Waals surface area contributed by atoms with Crippen LogP contribution in [0.2, 0.25) is 24.7 Å². The molecule has 2 rings (SSSR count). The van der Waals surface area contributed by atoms with Gasteiger partial charge in [-0.1, -0.05) is 43.4 Å². The fraction of sp³-hybridized carbons (Fsp3) is 0.562. The second kappa shape index (κ2) is 5.32. The molecule has 0 radical (unpaired) electrons. The lowest BCUT2D eigenvalue weighted by Crippen LogP contribution is -2.53. The Hall–Kier alpha value is -1.00. The summed E-state index contributed by atoms with van der Waals surface area (Å²) in [6.45, 7) is 12.5. The fourth-order valence-corrected chi connectivity index (χ4v) is 4.80. The van der Waals surface area contributed by atoms with Gasteiger partial charge in [-0.05, 0) is 38.8 Å². The SMILES string of the molecule is CC(C)(C)OC(=O)N1c2c(Cl)cccc2CC1[Si](C)(C)C. The number of carbonyl (C=O) groups is 1. The number of hydrogen-bond donors (Lipinski definition) is 0. The number of carbonyl (C=O) groups excluding carboxylic acids is 1. The molecule has 0 fully saturated rings. The Morgan fingerprint density at radius 1 is 1.33 bits per heavy atom. The highest BCUT2D eigenvalue weighted by molar-refractivity contribution is 6.78. The number of rotatable bonds is 1. The van der Waals surface area contributed by atoms with Gasteiger partial charge in [0.2, 0.25) is 0 Å². The van der Waals surface area contributed by atoms with Crippen molar-refractivity contribution in [1.29, 1.82) is 0 Å². The number of benzene rings is 1. The number of halogens is 1. The first kappa shape index (κ1) is 16.4. The second-order valence-corrected chi connectivity index (χ2v) is 13.5. The minimum Gasteiger partial charge on any atom is -0.443 e. The van der Waals surface area contributed by atoms with E-state index >= 15 is 0 Å². The predicted octanol–water partition coefficient (Wildman–Crippen LogP) is 4.88. The first-order chi connectivity index (χ1) is 9.50. The van der Waals surface area contributed by atoms with E-state index in [2.05, 4.69) is 25.7 Å². The van der Waals surface area contributed by atoms with E-state index in [9.17, 15) is 4.79 Å². The second-order valence-electron chi connectivity index (χ2n) is 7.68. The zero-order valence-electron chi connectivity index (χ0n) is 13.7. The molecule has 0 spiro atoms. The average Bonchev–Trinajstić information content (AvgIpc) is 2.67. The van der Waals surface area contributed by atoms with Crippen molar-refractivity contribution >= 4 is 31.5 Å². The lowest BCUT2D eigenvalue weighted by Gasteiger charge is -2.35. The van der Waals surface area contributed by atoms with E-state index in [1.54, 1.807) is 4.90 Å². The summed E-state index contributed by atoms with van der Waals surface area (Å²) in [4.78, 5) is 14.5. The largest absolute Gasteiger partial charge is 0.443 e. The van der Waals surface area contributed by atoms with Gasteiger partial charge in [-0.2, -0.15) is 0 Å². The number of anilines is 1. The first-order valence-electron chi connectivity index (χ1n) is 7.30. The van der Waals surface area contributed by atoms with E-state index in [1.165, 1.54) is 0 Å². The molecule has 1 unspecified atom stereocenters. The molecule has 21 heavy (non-hydrogen) atoms. The Labute approximate surface area is 133 Å². The molecular formula is C16H24ClNO2Si. The molecule has 1 aliphatic rings. The van der Waals surface area contributed by atoms with Gasteiger partial charge in [0.25, 0.3) is 0 Å². The van der Waals surface area contributed by atoms with Gasteiger partial charge < -0.3 is 4.74 Å². The van der Waals surface area contributed by atoms with E-state index in [0.717, 1.165) is 17.7 Å². The number of para-hydroxylation sites is 1. The zero-order chi connectivity index (χ0) is 16.0. The number of amides is 1. The summed E-state index contributed by atoms with van der Waals surface area (Å²) in [5, 5.41) is 0.624.